The van der Waals surface area contributed by atoms with Crippen molar-refractivity contribution in [2.75, 3.05) is 0 Å². The van der Waals surface area contributed by atoms with Crippen molar-refractivity contribution in [1.29, 1.82) is 5.26 Å². The first-order chi connectivity index (χ1) is 9.19. The van der Waals surface area contributed by atoms with Gasteiger partial charge < -0.3 is 5.11 Å². The molecule has 0 bridgehead atoms. The topological polar surface area (TPSA) is 44.0 Å². The number of nitriles is 1. The summed E-state index contributed by atoms with van der Waals surface area (Å²) >= 11 is 0. The lowest BCUT2D eigenvalue weighted by Crippen LogP contribution is -1.83. The van der Waals surface area contributed by atoms with Crippen LogP contribution in [0, 0.1) is 23.2 Å². The van der Waals surface area contributed by atoms with E-state index in [0.29, 0.717) is 11.1 Å². The van der Waals surface area contributed by atoms with Crippen molar-refractivity contribution in [2.24, 2.45) is 0 Å². The second kappa shape index (κ2) is 5.58. The van der Waals surface area contributed by atoms with E-state index in [2.05, 4.69) is 24.5 Å². The number of aliphatic hydroxyl groups excluding tert-OH is 1. The van der Waals surface area contributed by atoms with Gasteiger partial charge in [-0.15, -0.1) is 0 Å². The van der Waals surface area contributed by atoms with E-state index in [4.69, 9.17) is 5.26 Å². The monoisotopic (exact) mass is 245 g/mol. The number of benzene rings is 2. The molecule has 19 heavy (non-hydrogen) atoms. The van der Waals surface area contributed by atoms with E-state index in [9.17, 15) is 5.11 Å². The van der Waals surface area contributed by atoms with Crippen LogP contribution in [0.15, 0.2) is 55.1 Å². The van der Waals surface area contributed by atoms with Gasteiger partial charge in [0, 0.05) is 16.7 Å². The molecule has 2 rings (SSSR count). The number of aliphatic hydroxyl groups is 1. The van der Waals surface area contributed by atoms with Crippen molar-refractivity contribution in [3.8, 4) is 17.9 Å². The summed E-state index contributed by atoms with van der Waals surface area (Å²) in [6.07, 6.45) is 0. The Morgan fingerprint density at radius 2 is 1.58 bits per heavy atom. The minimum absolute atomic E-state index is 0.0297. The Morgan fingerprint density at radius 3 is 2.21 bits per heavy atom. The van der Waals surface area contributed by atoms with Crippen LogP contribution in [-0.4, -0.2) is 5.11 Å². The first kappa shape index (κ1) is 12.5. The van der Waals surface area contributed by atoms with Gasteiger partial charge in [0.2, 0.25) is 0 Å². The van der Waals surface area contributed by atoms with E-state index in [0.717, 1.165) is 11.1 Å². The normalized spacial score (nSPS) is 9.00. The highest BCUT2D eigenvalue weighted by molar-refractivity contribution is 5.58. The molecule has 0 aromatic heterocycles. The zero-order valence-corrected chi connectivity index (χ0v) is 10.2. The first-order valence-electron chi connectivity index (χ1n) is 5.69. The van der Waals surface area contributed by atoms with Crippen LogP contribution in [0.5, 0.6) is 0 Å². The van der Waals surface area contributed by atoms with Crippen molar-refractivity contribution in [1.82, 2.24) is 0 Å². The highest BCUT2D eigenvalue weighted by atomic mass is 16.3. The molecule has 0 unspecified atom stereocenters. The highest BCUT2D eigenvalue weighted by Gasteiger charge is 1.96. The standard InChI is InChI=1S/C17H11NO/c1-13(19)17-4-2-3-15(11-17)8-5-14-6-9-16(12-18)10-7-14/h2-4,6-7,9-11,19H,1H2. The molecule has 0 radical (unpaired) electrons. The molecule has 0 aliphatic rings. The van der Waals surface area contributed by atoms with E-state index >= 15 is 0 Å². The van der Waals surface area contributed by atoms with E-state index in [-0.39, 0.29) is 5.76 Å². The molecule has 2 heteroatoms. The molecule has 2 aromatic rings. The van der Waals surface area contributed by atoms with Crippen molar-refractivity contribution < 1.29 is 5.11 Å². The minimum Gasteiger partial charge on any atom is -0.508 e. The first-order valence-corrected chi connectivity index (χ1v) is 5.69. The molecule has 0 fully saturated rings. The predicted molar refractivity (Wildman–Crippen MR) is 75.2 cm³/mol. The summed E-state index contributed by atoms with van der Waals surface area (Å²) in [6, 6.07) is 16.4. The second-order valence-corrected chi connectivity index (χ2v) is 3.97. The van der Waals surface area contributed by atoms with Crippen molar-refractivity contribution in [3.63, 3.8) is 0 Å². The highest BCUT2D eigenvalue weighted by Crippen LogP contribution is 2.11. The SMILES string of the molecule is C=C(O)c1cccc(C#Cc2ccc(C#N)cc2)c1. The lowest BCUT2D eigenvalue weighted by atomic mass is 10.1. The van der Waals surface area contributed by atoms with Gasteiger partial charge in [0.05, 0.1) is 11.6 Å². The van der Waals surface area contributed by atoms with Crippen molar-refractivity contribution in [3.05, 3.63) is 77.4 Å². The quantitative estimate of drug-likeness (QED) is 0.617. The van der Waals surface area contributed by atoms with Crippen LogP contribution in [0.25, 0.3) is 5.76 Å². The zero-order chi connectivity index (χ0) is 13.7. The number of rotatable bonds is 1. The summed E-state index contributed by atoms with van der Waals surface area (Å²) in [5, 5.41) is 18.0. The zero-order valence-electron chi connectivity index (χ0n) is 10.2. The van der Waals surface area contributed by atoms with Crippen LogP contribution < -0.4 is 0 Å². The van der Waals surface area contributed by atoms with Crippen molar-refractivity contribution >= 4 is 5.76 Å². The molecule has 0 spiro atoms. The van der Waals surface area contributed by atoms with Gasteiger partial charge in [-0.1, -0.05) is 30.6 Å². The molecule has 1 N–H and O–H groups in total. The van der Waals surface area contributed by atoms with Gasteiger partial charge in [-0.3, -0.25) is 0 Å². The lowest BCUT2D eigenvalue weighted by molar-refractivity contribution is 0.514. The Morgan fingerprint density at radius 1 is 0.947 bits per heavy atom. The Labute approximate surface area is 112 Å². The molecule has 2 aromatic carbocycles. The molecule has 0 aliphatic heterocycles. The molecular weight excluding hydrogens is 234 g/mol. The van der Waals surface area contributed by atoms with Gasteiger partial charge in [0.25, 0.3) is 0 Å². The number of hydrogen-bond acceptors (Lipinski definition) is 2. The Balaban J connectivity index is 2.26. The Bertz CT molecular complexity index is 709. The van der Waals surface area contributed by atoms with Gasteiger partial charge in [-0.25, -0.2) is 0 Å². The predicted octanol–water partition coefficient (Wildman–Crippen LogP) is 3.49. The minimum atomic E-state index is 0.0297. The smallest absolute Gasteiger partial charge is 0.115 e. The van der Waals surface area contributed by atoms with Crippen LogP contribution in [0.2, 0.25) is 0 Å². The van der Waals surface area contributed by atoms with Crippen LogP contribution in [0.4, 0.5) is 0 Å². The van der Waals surface area contributed by atoms with Gasteiger partial charge in [0.15, 0.2) is 0 Å². The third-order valence-electron chi connectivity index (χ3n) is 2.56. The van der Waals surface area contributed by atoms with E-state index < -0.39 is 0 Å². The third kappa shape index (κ3) is 3.25. The van der Waals surface area contributed by atoms with Crippen LogP contribution in [0.1, 0.15) is 22.3 Å². The van der Waals surface area contributed by atoms with Gasteiger partial charge in [-0.05, 0) is 36.4 Å². The van der Waals surface area contributed by atoms with Gasteiger partial charge in [-0.2, -0.15) is 5.26 Å². The summed E-state index contributed by atoms with van der Waals surface area (Å²) in [6.45, 7) is 3.48. The number of nitrogens with zero attached hydrogens (tertiary/aromatic N) is 1. The maximum absolute atomic E-state index is 9.32. The Hall–Kier alpha value is -2.97. The fraction of sp³-hybridized carbons (Fsp3) is 0. The molecule has 2 nitrogen and oxygen atoms in total. The Kier molecular flexibility index (Phi) is 3.67. The van der Waals surface area contributed by atoms with Gasteiger partial charge >= 0.3 is 0 Å². The molecule has 0 heterocycles. The molecule has 0 saturated heterocycles. The van der Waals surface area contributed by atoms with E-state index in [1.54, 1.807) is 36.4 Å². The summed E-state index contributed by atoms with van der Waals surface area (Å²) in [4.78, 5) is 0. The molecular formula is C17H11NO. The number of hydrogen-bond donors (Lipinski definition) is 1. The maximum Gasteiger partial charge on any atom is 0.115 e. The lowest BCUT2D eigenvalue weighted by Gasteiger charge is -1.98. The largest absolute Gasteiger partial charge is 0.508 e. The van der Waals surface area contributed by atoms with Crippen LogP contribution in [0.3, 0.4) is 0 Å². The fourth-order valence-electron chi connectivity index (χ4n) is 1.55. The summed E-state index contributed by atoms with van der Waals surface area (Å²) in [5.41, 5.74) is 2.92. The molecule has 90 valence electrons. The maximum atomic E-state index is 9.32. The molecule has 0 aliphatic carbocycles. The van der Waals surface area contributed by atoms with E-state index in [1.807, 2.05) is 12.1 Å². The third-order valence-corrected chi connectivity index (χ3v) is 2.56. The average Bonchev–Trinajstić information content (AvgIpc) is 2.46. The van der Waals surface area contributed by atoms with Crippen molar-refractivity contribution in [2.45, 2.75) is 0 Å². The second-order valence-electron chi connectivity index (χ2n) is 3.97. The van der Waals surface area contributed by atoms with Crippen LogP contribution >= 0.6 is 0 Å². The molecule has 0 saturated carbocycles. The summed E-state index contributed by atoms with van der Waals surface area (Å²) in [7, 11) is 0. The van der Waals surface area contributed by atoms with E-state index in [1.165, 1.54) is 0 Å². The summed E-state index contributed by atoms with van der Waals surface area (Å²) in [5.74, 6) is 6.05. The van der Waals surface area contributed by atoms with Crippen LogP contribution in [-0.2, 0) is 0 Å². The molecule has 0 atom stereocenters. The summed E-state index contributed by atoms with van der Waals surface area (Å²) < 4.78 is 0. The average molecular weight is 245 g/mol. The fourth-order valence-corrected chi connectivity index (χ4v) is 1.55. The molecule has 0 amide bonds. The van der Waals surface area contributed by atoms with Gasteiger partial charge in [0.1, 0.15) is 5.76 Å².